The summed E-state index contributed by atoms with van der Waals surface area (Å²) in [5.41, 5.74) is 15.9. The normalized spacial score (nSPS) is 10.5. The minimum absolute atomic E-state index is 0.210. The number of benzene rings is 2. The first kappa shape index (κ1) is 27.7. The Hall–Kier alpha value is -1.50. The van der Waals surface area contributed by atoms with Crippen LogP contribution in [0.2, 0.25) is 13.1 Å². The van der Waals surface area contributed by atoms with Gasteiger partial charge in [0, 0.05) is 0 Å². The first-order valence-corrected chi connectivity index (χ1v) is 18.0. The summed E-state index contributed by atoms with van der Waals surface area (Å²) < 4.78 is 0. The van der Waals surface area contributed by atoms with Crippen molar-refractivity contribution in [3.63, 3.8) is 0 Å². The van der Waals surface area contributed by atoms with E-state index in [2.05, 4.69) is 118 Å². The van der Waals surface area contributed by atoms with Crippen LogP contribution in [0.3, 0.4) is 0 Å². The Balaban J connectivity index is 0.000000246. The van der Waals surface area contributed by atoms with Gasteiger partial charge >= 0.3 is 41.9 Å². The number of hydrogen-bond donors (Lipinski definition) is 0. The van der Waals surface area contributed by atoms with Crippen LogP contribution in [0.1, 0.15) is 50.1 Å². The first-order chi connectivity index (χ1) is 15.4. The second kappa shape index (κ2) is 11.8. The zero-order valence-corrected chi connectivity index (χ0v) is 26.0. The van der Waals surface area contributed by atoms with Crippen LogP contribution in [0.4, 0.5) is 0 Å². The topological polar surface area (TPSA) is 0 Å². The summed E-state index contributed by atoms with van der Waals surface area (Å²) in [5.74, 6) is 0. The maximum absolute atomic E-state index is 2.31. The van der Waals surface area contributed by atoms with Gasteiger partial charge < -0.3 is 0 Å². The minimum Gasteiger partial charge on any atom is -0.196 e. The van der Waals surface area contributed by atoms with Gasteiger partial charge in [0.05, 0.1) is 0 Å². The van der Waals surface area contributed by atoms with Crippen LogP contribution >= 0.6 is 0 Å². The summed E-state index contributed by atoms with van der Waals surface area (Å²) in [6, 6.07) is 15.4. The molecule has 0 aliphatic rings. The maximum atomic E-state index is 2.31. The molecular weight excluding hydrogens is 492 g/mol. The quantitative estimate of drug-likeness (QED) is 0.170. The Morgan fingerprint density at radius 3 is 1.48 bits per heavy atom. The largest absolute Gasteiger partial charge is 0.196 e. The average Bonchev–Trinajstić information content (AvgIpc) is 3.28. The molecular formula is C31H40SiZr. The molecule has 33 heavy (non-hydrogen) atoms. The van der Waals surface area contributed by atoms with Crippen molar-refractivity contribution in [1.29, 1.82) is 0 Å². The molecule has 0 aliphatic heterocycles. The van der Waals surface area contributed by atoms with Gasteiger partial charge in [-0.25, -0.2) is 0 Å². The molecule has 0 aliphatic carbocycles. The van der Waals surface area contributed by atoms with E-state index in [9.17, 15) is 0 Å². The first-order valence-electron chi connectivity index (χ1n) is 11.8. The maximum Gasteiger partial charge on any atom is -0.0392 e. The van der Waals surface area contributed by atoms with Gasteiger partial charge in [0.2, 0.25) is 0 Å². The molecule has 0 radical (unpaired) electrons. The van der Waals surface area contributed by atoms with Gasteiger partial charge in [-0.1, -0.05) is 39.3 Å². The Morgan fingerprint density at radius 2 is 1.06 bits per heavy atom. The van der Waals surface area contributed by atoms with Crippen molar-refractivity contribution < 1.29 is 23.3 Å². The molecule has 0 atom stereocenters. The smallest absolute Gasteiger partial charge is 0.0392 e. The zero-order valence-electron chi connectivity index (χ0n) is 22.5. The summed E-state index contributed by atoms with van der Waals surface area (Å²) in [5, 5.41) is 2.69. The molecule has 4 aromatic carbocycles. The average molecular weight is 532 g/mol. The van der Waals surface area contributed by atoms with Gasteiger partial charge in [0.25, 0.3) is 0 Å². The zero-order chi connectivity index (χ0) is 25.0. The Labute approximate surface area is 217 Å². The van der Waals surface area contributed by atoms with E-state index in [-0.39, 0.29) is 5.43 Å². The molecule has 4 rings (SSSR count). The van der Waals surface area contributed by atoms with Crippen LogP contribution in [0.15, 0.2) is 42.5 Å². The second-order valence-corrected chi connectivity index (χ2v) is 19.0. The molecule has 0 fully saturated rings. The van der Waals surface area contributed by atoms with Crippen molar-refractivity contribution in [1.82, 2.24) is 0 Å². The van der Waals surface area contributed by atoms with E-state index in [1.54, 1.807) is 23.3 Å². The standard InChI is InChI=1S/C20H21.C9H13.C2H6Si.Zr/c1-12-13(2)15(4)20(16(5)14(12)3)19-11-10-17-8-6-7-9-18(17)19;1-6-5-7(2)9(4)8(6)3;1-3-2;/h6-11H,1-5H3;5H,1-4H3;1-2H3;/q2*-1;;+2. The van der Waals surface area contributed by atoms with Gasteiger partial charge in [-0.3, -0.25) is 0 Å². The molecule has 0 spiro atoms. The fourth-order valence-corrected chi connectivity index (χ4v) is 4.41. The molecule has 0 amide bonds. The summed E-state index contributed by atoms with van der Waals surface area (Å²) in [6.07, 6.45) is 0. The van der Waals surface area contributed by atoms with Gasteiger partial charge in [-0.05, 0) is 62.4 Å². The fourth-order valence-electron chi connectivity index (χ4n) is 4.41. The van der Waals surface area contributed by atoms with Gasteiger partial charge in [-0.15, -0.1) is 46.7 Å². The monoisotopic (exact) mass is 530 g/mol. The fraction of sp³-hybridized carbons (Fsp3) is 0.355. The molecule has 0 saturated carbocycles. The van der Waals surface area contributed by atoms with Crippen molar-refractivity contribution in [2.45, 2.75) is 75.4 Å². The molecule has 0 aromatic heterocycles. The molecule has 0 nitrogen and oxygen atoms in total. The number of hydrogen-bond acceptors (Lipinski definition) is 0. The van der Waals surface area contributed by atoms with E-state index < -0.39 is 0 Å². The number of fused-ring (bicyclic) bond motifs is 1. The van der Waals surface area contributed by atoms with E-state index >= 15 is 0 Å². The van der Waals surface area contributed by atoms with Gasteiger partial charge in [0.15, 0.2) is 0 Å². The minimum atomic E-state index is 0.210. The van der Waals surface area contributed by atoms with Crippen molar-refractivity contribution in [3.8, 4) is 11.1 Å². The second-order valence-electron chi connectivity index (χ2n) is 9.59. The van der Waals surface area contributed by atoms with E-state index in [4.69, 9.17) is 0 Å². The molecule has 0 N–H and O–H groups in total. The summed E-state index contributed by atoms with van der Waals surface area (Å²) in [6.45, 7) is 24.5. The van der Waals surface area contributed by atoms with E-state index in [0.29, 0.717) is 0 Å². The molecule has 0 heterocycles. The van der Waals surface area contributed by atoms with E-state index in [0.717, 1.165) is 0 Å². The van der Waals surface area contributed by atoms with Crippen LogP contribution in [-0.4, -0.2) is 5.43 Å². The van der Waals surface area contributed by atoms with Gasteiger partial charge in [-0.2, -0.15) is 28.3 Å². The predicted molar refractivity (Wildman–Crippen MR) is 147 cm³/mol. The Morgan fingerprint density at radius 1 is 0.636 bits per heavy atom. The van der Waals surface area contributed by atoms with E-state index in [1.807, 2.05) is 0 Å². The van der Waals surface area contributed by atoms with Gasteiger partial charge in [0.1, 0.15) is 0 Å². The van der Waals surface area contributed by atoms with Crippen LogP contribution in [-0.2, 0) is 23.3 Å². The van der Waals surface area contributed by atoms with Crippen molar-refractivity contribution in [2.75, 3.05) is 0 Å². The van der Waals surface area contributed by atoms with Crippen LogP contribution in [0.25, 0.3) is 21.9 Å². The summed E-state index contributed by atoms with van der Waals surface area (Å²) >= 11 is 1.74. The van der Waals surface area contributed by atoms with Crippen LogP contribution < -0.4 is 0 Å². The SMILES string of the molecule is C[Si](C)=[Zr+2].Cc1[cH-]c(C)c(C)c1C.Cc1c(C)c(C)c(-c2c[cH-]c3ccccc23)c(C)c1C. The van der Waals surface area contributed by atoms with Crippen LogP contribution in [0, 0.1) is 62.3 Å². The molecule has 0 unspecified atom stereocenters. The number of rotatable bonds is 1. The molecule has 0 saturated heterocycles. The third-order valence-electron chi connectivity index (χ3n) is 7.13. The number of aryl methyl sites for hydroxylation is 2. The third-order valence-corrected chi connectivity index (χ3v) is 7.13. The van der Waals surface area contributed by atoms with Crippen molar-refractivity contribution in [3.05, 3.63) is 92.5 Å². The molecule has 2 heteroatoms. The third kappa shape index (κ3) is 6.34. The Bertz CT molecular complexity index is 1220. The van der Waals surface area contributed by atoms with Crippen LogP contribution in [0.5, 0.6) is 0 Å². The summed E-state index contributed by atoms with van der Waals surface area (Å²) in [7, 11) is 0. The Kier molecular flexibility index (Phi) is 9.89. The predicted octanol–water partition coefficient (Wildman–Crippen LogP) is 9.19. The van der Waals surface area contributed by atoms with Crippen molar-refractivity contribution in [2.24, 2.45) is 0 Å². The molecule has 172 valence electrons. The van der Waals surface area contributed by atoms with Crippen molar-refractivity contribution >= 4 is 16.2 Å². The summed E-state index contributed by atoms with van der Waals surface area (Å²) in [4.78, 5) is 0. The molecule has 0 bridgehead atoms. The van der Waals surface area contributed by atoms with E-state index in [1.165, 1.54) is 72.0 Å². The molecule has 4 aromatic rings.